The summed E-state index contributed by atoms with van der Waals surface area (Å²) in [5, 5.41) is 3.13. The minimum atomic E-state index is -0.553. The summed E-state index contributed by atoms with van der Waals surface area (Å²) in [7, 11) is 0. The van der Waals surface area contributed by atoms with Crippen LogP contribution in [0.2, 0.25) is 0 Å². The molecule has 186 valence electrons. The zero-order valence-electron chi connectivity index (χ0n) is 19.8. The first-order valence-corrected chi connectivity index (χ1v) is 11.9. The molecule has 0 spiro atoms. The third-order valence-corrected chi connectivity index (χ3v) is 6.76. The third-order valence-electron chi connectivity index (χ3n) is 6.76. The molecule has 2 amide bonds. The molecular formula is C28H28N2O6. The van der Waals surface area contributed by atoms with Crippen molar-refractivity contribution in [2.24, 2.45) is 5.73 Å². The maximum absolute atomic E-state index is 13.1. The van der Waals surface area contributed by atoms with E-state index in [-0.39, 0.29) is 24.7 Å². The molecular weight excluding hydrogens is 460 g/mol. The second-order valence-corrected chi connectivity index (χ2v) is 8.99. The summed E-state index contributed by atoms with van der Waals surface area (Å²) in [6.07, 6.45) is 1.58. The van der Waals surface area contributed by atoms with E-state index in [0.29, 0.717) is 36.6 Å². The molecule has 2 heterocycles. The van der Waals surface area contributed by atoms with Gasteiger partial charge in [-0.2, -0.15) is 0 Å². The molecule has 36 heavy (non-hydrogen) atoms. The van der Waals surface area contributed by atoms with Gasteiger partial charge in [-0.25, -0.2) is 0 Å². The molecule has 1 saturated heterocycles. The van der Waals surface area contributed by atoms with E-state index in [2.05, 4.69) is 5.32 Å². The normalized spacial score (nSPS) is 15.8. The second kappa shape index (κ2) is 10.3. The molecule has 3 N–H and O–H groups in total. The van der Waals surface area contributed by atoms with Crippen LogP contribution in [0, 0.1) is 0 Å². The Bertz CT molecular complexity index is 1270. The Kier molecular flexibility index (Phi) is 6.77. The molecule has 0 radical (unpaired) electrons. The summed E-state index contributed by atoms with van der Waals surface area (Å²) in [6.45, 7) is 2.15. The van der Waals surface area contributed by atoms with Crippen molar-refractivity contribution in [2.75, 3.05) is 26.6 Å². The Morgan fingerprint density at radius 3 is 2.58 bits per heavy atom. The van der Waals surface area contributed by atoms with Gasteiger partial charge in [0, 0.05) is 30.7 Å². The molecule has 2 aliphatic heterocycles. The number of hydrogen-bond donors (Lipinski definition) is 2. The lowest BCUT2D eigenvalue weighted by molar-refractivity contribution is 0.0486. The fourth-order valence-electron chi connectivity index (χ4n) is 4.67. The fourth-order valence-corrected chi connectivity index (χ4v) is 4.67. The van der Waals surface area contributed by atoms with E-state index < -0.39 is 5.91 Å². The van der Waals surface area contributed by atoms with Crippen molar-refractivity contribution in [2.45, 2.75) is 24.9 Å². The largest absolute Gasteiger partial charge is 0.488 e. The molecule has 3 aromatic carbocycles. The first-order valence-electron chi connectivity index (χ1n) is 11.9. The van der Waals surface area contributed by atoms with Gasteiger partial charge in [-0.3, -0.25) is 9.59 Å². The van der Waals surface area contributed by atoms with E-state index >= 15 is 0 Å². The maximum Gasteiger partial charge on any atom is 0.252 e. The second-order valence-electron chi connectivity index (χ2n) is 8.99. The van der Waals surface area contributed by atoms with Crippen molar-refractivity contribution in [3.8, 4) is 17.2 Å². The van der Waals surface area contributed by atoms with Crippen LogP contribution in [0.1, 0.15) is 44.7 Å². The maximum atomic E-state index is 13.1. The SMILES string of the molecule is NC(=O)c1ccccc1OCc1cccc(C(=O)NCC2(c3ccc4c(c3)OCO4)CCOCC2)c1. The molecule has 8 nitrogen and oxygen atoms in total. The molecule has 0 atom stereocenters. The minimum Gasteiger partial charge on any atom is -0.488 e. The summed E-state index contributed by atoms with van der Waals surface area (Å²) in [6, 6.07) is 20.1. The van der Waals surface area contributed by atoms with Crippen molar-refractivity contribution < 1.29 is 28.5 Å². The highest BCUT2D eigenvalue weighted by atomic mass is 16.7. The lowest BCUT2D eigenvalue weighted by atomic mass is 9.74. The number of carbonyl (C=O) groups is 2. The topological polar surface area (TPSA) is 109 Å². The standard InChI is InChI=1S/C28H28N2O6/c29-26(31)22-6-1-2-7-23(22)34-16-19-4-3-5-20(14-19)27(32)30-17-28(10-12-33-13-11-28)21-8-9-24-25(15-21)36-18-35-24/h1-9,14-15H,10-13,16-18H2,(H2,29,31)(H,30,32). The molecule has 8 heteroatoms. The highest BCUT2D eigenvalue weighted by Gasteiger charge is 2.36. The molecule has 1 fully saturated rings. The van der Waals surface area contributed by atoms with Crippen molar-refractivity contribution >= 4 is 11.8 Å². The zero-order chi connectivity index (χ0) is 25.0. The quantitative estimate of drug-likeness (QED) is 0.502. The van der Waals surface area contributed by atoms with E-state index in [4.69, 9.17) is 24.7 Å². The van der Waals surface area contributed by atoms with Crippen molar-refractivity contribution in [1.29, 1.82) is 0 Å². The van der Waals surface area contributed by atoms with Crippen molar-refractivity contribution in [3.63, 3.8) is 0 Å². The molecule has 3 aromatic rings. The number of fused-ring (bicyclic) bond motifs is 1. The average molecular weight is 489 g/mol. The molecule has 0 unspecified atom stereocenters. The molecule has 0 aromatic heterocycles. The molecule has 0 saturated carbocycles. The van der Waals surface area contributed by atoms with Gasteiger partial charge in [0.25, 0.3) is 11.8 Å². The van der Waals surface area contributed by atoms with Gasteiger partial charge in [0.15, 0.2) is 11.5 Å². The van der Waals surface area contributed by atoms with E-state index in [1.54, 1.807) is 36.4 Å². The third kappa shape index (κ3) is 4.99. The smallest absolute Gasteiger partial charge is 0.252 e. The first-order chi connectivity index (χ1) is 17.5. The van der Waals surface area contributed by atoms with E-state index in [9.17, 15) is 9.59 Å². The number of amides is 2. The van der Waals surface area contributed by atoms with Crippen LogP contribution in [0.15, 0.2) is 66.7 Å². The van der Waals surface area contributed by atoms with Gasteiger partial charge in [0.2, 0.25) is 6.79 Å². The van der Waals surface area contributed by atoms with Crippen LogP contribution >= 0.6 is 0 Å². The summed E-state index contributed by atoms with van der Waals surface area (Å²) in [4.78, 5) is 24.8. The van der Waals surface area contributed by atoms with Crippen LogP contribution in [0.5, 0.6) is 17.2 Å². The number of primary amides is 1. The number of hydrogen-bond acceptors (Lipinski definition) is 6. The fraction of sp³-hybridized carbons (Fsp3) is 0.286. The lowest BCUT2D eigenvalue weighted by Gasteiger charge is -2.38. The number of rotatable bonds is 8. The number of carbonyl (C=O) groups excluding carboxylic acids is 2. The Morgan fingerprint density at radius 1 is 0.944 bits per heavy atom. The average Bonchev–Trinajstić information content (AvgIpc) is 3.39. The Morgan fingerprint density at radius 2 is 1.75 bits per heavy atom. The number of benzene rings is 3. The van der Waals surface area contributed by atoms with Crippen LogP contribution in [0.4, 0.5) is 0 Å². The van der Waals surface area contributed by atoms with Crippen LogP contribution in [0.25, 0.3) is 0 Å². The number of para-hydroxylation sites is 1. The number of nitrogens with one attached hydrogen (secondary N) is 1. The monoisotopic (exact) mass is 488 g/mol. The summed E-state index contributed by atoms with van der Waals surface area (Å²) in [5.41, 5.74) is 7.93. The van der Waals surface area contributed by atoms with E-state index in [0.717, 1.165) is 35.5 Å². The van der Waals surface area contributed by atoms with Crippen LogP contribution < -0.4 is 25.3 Å². The summed E-state index contributed by atoms with van der Waals surface area (Å²) >= 11 is 0. The summed E-state index contributed by atoms with van der Waals surface area (Å²) in [5.74, 6) is 1.16. The highest BCUT2D eigenvalue weighted by Crippen LogP contribution is 2.40. The molecule has 0 bridgehead atoms. The van der Waals surface area contributed by atoms with Gasteiger partial charge in [0.05, 0.1) is 5.56 Å². The van der Waals surface area contributed by atoms with Gasteiger partial charge >= 0.3 is 0 Å². The van der Waals surface area contributed by atoms with Gasteiger partial charge in [-0.15, -0.1) is 0 Å². The van der Waals surface area contributed by atoms with Crippen molar-refractivity contribution in [3.05, 3.63) is 89.0 Å². The Balaban J connectivity index is 1.27. The van der Waals surface area contributed by atoms with E-state index in [1.807, 2.05) is 30.3 Å². The van der Waals surface area contributed by atoms with Crippen molar-refractivity contribution in [1.82, 2.24) is 5.32 Å². The summed E-state index contributed by atoms with van der Waals surface area (Å²) < 4.78 is 22.5. The Labute approximate surface area is 209 Å². The highest BCUT2D eigenvalue weighted by molar-refractivity contribution is 5.95. The minimum absolute atomic E-state index is 0.166. The Hall–Kier alpha value is -4.04. The van der Waals surface area contributed by atoms with E-state index in [1.165, 1.54) is 0 Å². The number of ether oxygens (including phenoxy) is 4. The first kappa shape index (κ1) is 23.7. The van der Waals surface area contributed by atoms with Crippen LogP contribution in [0.3, 0.4) is 0 Å². The molecule has 5 rings (SSSR count). The predicted molar refractivity (Wildman–Crippen MR) is 132 cm³/mol. The molecule has 2 aliphatic rings. The van der Waals surface area contributed by atoms with Crippen LogP contribution in [-0.4, -0.2) is 38.4 Å². The predicted octanol–water partition coefficient (Wildman–Crippen LogP) is 3.57. The lowest BCUT2D eigenvalue weighted by Crippen LogP contribution is -2.44. The van der Waals surface area contributed by atoms with Gasteiger partial charge in [-0.1, -0.05) is 30.3 Å². The number of nitrogens with two attached hydrogens (primary N) is 1. The van der Waals surface area contributed by atoms with Crippen LogP contribution in [-0.2, 0) is 16.8 Å². The zero-order valence-corrected chi connectivity index (χ0v) is 19.8. The van der Waals surface area contributed by atoms with Gasteiger partial charge < -0.3 is 30.0 Å². The van der Waals surface area contributed by atoms with Gasteiger partial charge in [-0.05, 0) is 60.4 Å². The van der Waals surface area contributed by atoms with Gasteiger partial charge in [0.1, 0.15) is 12.4 Å². The molecule has 0 aliphatic carbocycles.